The summed E-state index contributed by atoms with van der Waals surface area (Å²) in [6.45, 7) is 2.17. The van der Waals surface area contributed by atoms with E-state index in [4.69, 9.17) is 4.74 Å². The van der Waals surface area contributed by atoms with Crippen LogP contribution in [-0.2, 0) is 19.4 Å². The van der Waals surface area contributed by atoms with E-state index >= 15 is 0 Å². The Balaban J connectivity index is 2.14. The summed E-state index contributed by atoms with van der Waals surface area (Å²) in [6, 6.07) is 0. The van der Waals surface area contributed by atoms with Crippen LogP contribution in [0, 0.1) is 0 Å². The zero-order chi connectivity index (χ0) is 12.0. The highest BCUT2D eigenvalue weighted by molar-refractivity contribution is 7.90. The van der Waals surface area contributed by atoms with E-state index < -0.39 is 15.9 Å². The molecule has 94 valence electrons. The van der Waals surface area contributed by atoms with Gasteiger partial charge in [-0.2, -0.15) is 0 Å². The Hall–Kier alpha value is -0.660. The van der Waals surface area contributed by atoms with Crippen molar-refractivity contribution < 1.29 is 17.9 Å². The topological polar surface area (TPSA) is 84.5 Å². The Morgan fingerprint density at radius 1 is 1.56 bits per heavy atom. The maximum Gasteiger partial charge on any atom is 0.250 e. The van der Waals surface area contributed by atoms with E-state index in [2.05, 4.69) is 10.6 Å². The molecule has 1 saturated heterocycles. The van der Waals surface area contributed by atoms with E-state index in [0.717, 1.165) is 6.54 Å². The number of morpholine rings is 1. The lowest BCUT2D eigenvalue weighted by atomic mass is 10.3. The third-order valence-electron chi connectivity index (χ3n) is 2.21. The van der Waals surface area contributed by atoms with Gasteiger partial charge < -0.3 is 15.4 Å². The predicted molar refractivity (Wildman–Crippen MR) is 59.9 cm³/mol. The molecule has 1 unspecified atom stereocenters. The quantitative estimate of drug-likeness (QED) is 0.582. The Morgan fingerprint density at radius 2 is 2.31 bits per heavy atom. The van der Waals surface area contributed by atoms with Gasteiger partial charge in [0.1, 0.15) is 15.9 Å². The summed E-state index contributed by atoms with van der Waals surface area (Å²) in [5.41, 5.74) is 0. The maximum absolute atomic E-state index is 11.5. The third-order valence-corrected chi connectivity index (χ3v) is 3.24. The van der Waals surface area contributed by atoms with Crippen LogP contribution < -0.4 is 10.6 Å². The number of nitrogens with one attached hydrogen (secondary N) is 2. The summed E-state index contributed by atoms with van der Waals surface area (Å²) < 4.78 is 26.9. The average molecular weight is 250 g/mol. The van der Waals surface area contributed by atoms with E-state index in [1.165, 1.54) is 6.26 Å². The smallest absolute Gasteiger partial charge is 0.250 e. The second kappa shape index (κ2) is 6.17. The van der Waals surface area contributed by atoms with E-state index in [0.29, 0.717) is 26.1 Å². The van der Waals surface area contributed by atoms with E-state index in [1.54, 1.807) is 0 Å². The maximum atomic E-state index is 11.5. The average Bonchev–Trinajstić information content (AvgIpc) is 2.24. The summed E-state index contributed by atoms with van der Waals surface area (Å²) >= 11 is 0. The van der Waals surface area contributed by atoms with Crippen LogP contribution >= 0.6 is 0 Å². The van der Waals surface area contributed by atoms with Gasteiger partial charge in [0.25, 0.3) is 0 Å². The lowest BCUT2D eigenvalue weighted by Crippen LogP contribution is -2.48. The van der Waals surface area contributed by atoms with Crippen LogP contribution in [-0.4, -0.2) is 58.7 Å². The molecule has 0 saturated carbocycles. The summed E-state index contributed by atoms with van der Waals surface area (Å²) in [5.74, 6) is -0.0856. The first-order chi connectivity index (χ1) is 7.49. The van der Waals surface area contributed by atoms with Gasteiger partial charge in [-0.3, -0.25) is 4.79 Å². The zero-order valence-corrected chi connectivity index (χ0v) is 10.2. The number of rotatable bonds is 5. The molecule has 0 aromatic carbocycles. The van der Waals surface area contributed by atoms with Gasteiger partial charge in [0.05, 0.1) is 12.4 Å². The van der Waals surface area contributed by atoms with Crippen molar-refractivity contribution in [3.05, 3.63) is 0 Å². The van der Waals surface area contributed by atoms with Crippen LogP contribution in [0.5, 0.6) is 0 Å². The van der Waals surface area contributed by atoms with Gasteiger partial charge in [0.15, 0.2) is 0 Å². The fraction of sp³-hybridized carbons (Fsp3) is 0.889. The van der Waals surface area contributed by atoms with E-state index in [1.807, 2.05) is 0 Å². The molecule has 0 spiro atoms. The van der Waals surface area contributed by atoms with Crippen LogP contribution in [0.4, 0.5) is 0 Å². The molecule has 0 radical (unpaired) electrons. The highest BCUT2D eigenvalue weighted by Gasteiger charge is 2.20. The zero-order valence-electron chi connectivity index (χ0n) is 9.36. The third kappa shape index (κ3) is 5.43. The summed E-state index contributed by atoms with van der Waals surface area (Å²) in [7, 11) is -2.94. The Labute approximate surface area is 95.7 Å². The minimum absolute atomic E-state index is 0.0943. The number of amides is 1. The molecular weight excluding hydrogens is 232 g/mol. The van der Waals surface area contributed by atoms with Crippen molar-refractivity contribution in [3.8, 4) is 0 Å². The van der Waals surface area contributed by atoms with Crippen LogP contribution in [0.3, 0.4) is 0 Å². The summed E-state index contributed by atoms with van der Waals surface area (Å²) in [4.78, 5) is 11.5. The molecule has 16 heavy (non-hydrogen) atoms. The van der Waals surface area contributed by atoms with Gasteiger partial charge in [-0.15, -0.1) is 0 Å². The highest BCUT2D eigenvalue weighted by atomic mass is 32.2. The summed E-state index contributed by atoms with van der Waals surface area (Å²) in [5, 5.41) is 5.71. The first-order valence-electron chi connectivity index (χ1n) is 5.27. The minimum atomic E-state index is -2.94. The molecule has 1 fully saturated rings. The standard InChI is InChI=1S/C9H18N2O4S/c1-16(13,14)6-2-3-11-9(12)8-7-10-4-5-15-8/h8,10H,2-7H2,1H3,(H,11,12). The van der Waals surface area contributed by atoms with Crippen LogP contribution in [0.25, 0.3) is 0 Å². The number of sulfone groups is 1. The predicted octanol–water partition coefficient (Wildman–Crippen LogP) is -1.47. The second-order valence-corrected chi connectivity index (χ2v) is 6.10. The lowest BCUT2D eigenvalue weighted by Gasteiger charge is -2.22. The number of hydrogen-bond donors (Lipinski definition) is 2. The molecule has 0 aromatic heterocycles. The molecule has 0 bridgehead atoms. The number of carbonyl (C=O) groups excluding carboxylic acids is 1. The van der Waals surface area contributed by atoms with Gasteiger partial charge in [-0.05, 0) is 6.42 Å². The van der Waals surface area contributed by atoms with Crippen molar-refractivity contribution in [1.29, 1.82) is 0 Å². The highest BCUT2D eigenvalue weighted by Crippen LogP contribution is 1.96. The van der Waals surface area contributed by atoms with Crippen LogP contribution in [0.2, 0.25) is 0 Å². The number of carbonyl (C=O) groups is 1. The van der Waals surface area contributed by atoms with Crippen molar-refractivity contribution in [2.45, 2.75) is 12.5 Å². The monoisotopic (exact) mass is 250 g/mol. The Morgan fingerprint density at radius 3 is 2.88 bits per heavy atom. The van der Waals surface area contributed by atoms with E-state index in [-0.39, 0.29) is 11.7 Å². The molecule has 1 atom stereocenters. The first kappa shape index (κ1) is 13.4. The van der Waals surface area contributed by atoms with Gasteiger partial charge in [0, 0.05) is 25.9 Å². The van der Waals surface area contributed by atoms with Crippen molar-refractivity contribution in [3.63, 3.8) is 0 Å². The number of hydrogen-bond acceptors (Lipinski definition) is 5. The Kier molecular flexibility index (Phi) is 5.17. The fourth-order valence-corrected chi connectivity index (χ4v) is 2.06. The normalized spacial score (nSPS) is 21.7. The van der Waals surface area contributed by atoms with Crippen molar-refractivity contribution in [1.82, 2.24) is 10.6 Å². The van der Waals surface area contributed by atoms with Gasteiger partial charge in [0.2, 0.25) is 5.91 Å². The molecule has 1 aliphatic heterocycles. The van der Waals surface area contributed by atoms with Crippen molar-refractivity contribution >= 4 is 15.7 Å². The molecular formula is C9H18N2O4S. The number of ether oxygens (including phenoxy) is 1. The van der Waals surface area contributed by atoms with Crippen LogP contribution in [0.15, 0.2) is 0 Å². The molecule has 1 aliphatic rings. The lowest BCUT2D eigenvalue weighted by molar-refractivity contribution is -0.134. The van der Waals surface area contributed by atoms with Gasteiger partial charge in [-0.25, -0.2) is 8.42 Å². The Bertz CT molecular complexity index is 322. The molecule has 2 N–H and O–H groups in total. The van der Waals surface area contributed by atoms with Crippen LogP contribution in [0.1, 0.15) is 6.42 Å². The second-order valence-electron chi connectivity index (χ2n) is 3.84. The SMILES string of the molecule is CS(=O)(=O)CCCNC(=O)C1CNCCO1. The largest absolute Gasteiger partial charge is 0.366 e. The molecule has 1 heterocycles. The molecule has 0 aromatic rings. The minimum Gasteiger partial charge on any atom is -0.366 e. The molecule has 6 nitrogen and oxygen atoms in total. The summed E-state index contributed by atoms with van der Waals surface area (Å²) in [6.07, 6.45) is 1.17. The fourth-order valence-electron chi connectivity index (χ4n) is 1.39. The van der Waals surface area contributed by atoms with Gasteiger partial charge >= 0.3 is 0 Å². The van der Waals surface area contributed by atoms with E-state index in [9.17, 15) is 13.2 Å². The molecule has 1 rings (SSSR count). The molecule has 1 amide bonds. The van der Waals surface area contributed by atoms with Gasteiger partial charge in [-0.1, -0.05) is 0 Å². The first-order valence-corrected chi connectivity index (χ1v) is 7.33. The molecule has 0 aliphatic carbocycles. The molecule has 7 heteroatoms. The van der Waals surface area contributed by atoms with Crippen molar-refractivity contribution in [2.24, 2.45) is 0 Å². The van der Waals surface area contributed by atoms with Crippen molar-refractivity contribution in [2.75, 3.05) is 38.2 Å².